The number of furan rings is 1. The van der Waals surface area contributed by atoms with Crippen molar-refractivity contribution in [1.82, 2.24) is 5.32 Å². The molecule has 3 N–H and O–H groups in total. The van der Waals surface area contributed by atoms with Crippen molar-refractivity contribution in [3.63, 3.8) is 0 Å². The van der Waals surface area contributed by atoms with Gasteiger partial charge in [-0.05, 0) is 48.0 Å². The first-order valence-electron chi connectivity index (χ1n) is 9.00. The van der Waals surface area contributed by atoms with Gasteiger partial charge in [-0.2, -0.15) is 0 Å². The highest BCUT2D eigenvalue weighted by Gasteiger charge is 2.23. The predicted octanol–water partition coefficient (Wildman–Crippen LogP) is 4.67. The quantitative estimate of drug-likeness (QED) is 0.458. The van der Waals surface area contributed by atoms with Crippen molar-refractivity contribution < 1.29 is 28.6 Å². The summed E-state index contributed by atoms with van der Waals surface area (Å²) in [7, 11) is 1.48. The maximum absolute atomic E-state index is 13.3. The second kappa shape index (κ2) is 7.36. The third-order valence-electron chi connectivity index (χ3n) is 4.79. The monoisotopic (exact) mass is 405 g/mol. The van der Waals surface area contributed by atoms with Crippen molar-refractivity contribution in [3.8, 4) is 28.2 Å². The minimum Gasteiger partial charge on any atom is -0.507 e. The zero-order valence-electron chi connectivity index (χ0n) is 15.8. The van der Waals surface area contributed by atoms with E-state index in [9.17, 15) is 24.2 Å². The predicted molar refractivity (Wildman–Crippen MR) is 109 cm³/mol. The van der Waals surface area contributed by atoms with Crippen LogP contribution < -0.4 is 5.32 Å². The van der Waals surface area contributed by atoms with Crippen LogP contribution in [0.2, 0.25) is 0 Å². The molecule has 150 valence electrons. The standard InChI is InChI=1S/C23H16FNO5/c1-25-22(27)20-17-10-16(13-3-2-4-14(9-13)23(28)29)18(26)11-19(17)30-21(20)12-5-7-15(24)8-6-12/h2-11,26H,1H3,(H,25,27)(H,28,29). The van der Waals surface area contributed by atoms with Crippen LogP contribution in [0.5, 0.6) is 5.75 Å². The molecule has 30 heavy (non-hydrogen) atoms. The van der Waals surface area contributed by atoms with Gasteiger partial charge in [0.25, 0.3) is 5.91 Å². The fraction of sp³-hybridized carbons (Fsp3) is 0.0435. The fourth-order valence-electron chi connectivity index (χ4n) is 3.34. The molecular formula is C23H16FNO5. The molecule has 1 amide bonds. The Labute approximate surface area is 170 Å². The zero-order chi connectivity index (χ0) is 21.4. The van der Waals surface area contributed by atoms with Crippen LogP contribution >= 0.6 is 0 Å². The number of aromatic hydroxyl groups is 1. The van der Waals surface area contributed by atoms with E-state index in [0.717, 1.165) is 0 Å². The summed E-state index contributed by atoms with van der Waals surface area (Å²) in [5, 5.41) is 22.8. The number of amides is 1. The van der Waals surface area contributed by atoms with E-state index in [1.165, 1.54) is 49.5 Å². The molecule has 3 aromatic carbocycles. The first-order valence-corrected chi connectivity index (χ1v) is 9.00. The van der Waals surface area contributed by atoms with Crippen LogP contribution in [0.1, 0.15) is 20.7 Å². The second-order valence-corrected chi connectivity index (χ2v) is 6.64. The number of aromatic carboxylic acids is 1. The summed E-state index contributed by atoms with van der Waals surface area (Å²) in [6.07, 6.45) is 0. The van der Waals surface area contributed by atoms with Crippen LogP contribution in [0, 0.1) is 5.82 Å². The van der Waals surface area contributed by atoms with Crippen LogP contribution in [-0.2, 0) is 0 Å². The number of phenolic OH excluding ortho intramolecular Hbond substituents is 1. The van der Waals surface area contributed by atoms with E-state index in [-0.39, 0.29) is 28.2 Å². The average molecular weight is 405 g/mol. The lowest BCUT2D eigenvalue weighted by atomic mass is 9.98. The van der Waals surface area contributed by atoms with Gasteiger partial charge in [0.1, 0.15) is 22.9 Å². The van der Waals surface area contributed by atoms with Gasteiger partial charge < -0.3 is 19.9 Å². The van der Waals surface area contributed by atoms with Crippen LogP contribution in [0.25, 0.3) is 33.4 Å². The summed E-state index contributed by atoms with van der Waals surface area (Å²) in [6.45, 7) is 0. The number of benzene rings is 3. The van der Waals surface area contributed by atoms with E-state index in [1.807, 2.05) is 0 Å². The lowest BCUT2D eigenvalue weighted by molar-refractivity contribution is 0.0696. The van der Waals surface area contributed by atoms with Crippen LogP contribution in [-0.4, -0.2) is 29.1 Å². The molecule has 4 aromatic rings. The van der Waals surface area contributed by atoms with Crippen molar-refractivity contribution in [2.75, 3.05) is 7.05 Å². The Bertz CT molecular complexity index is 1290. The summed E-state index contributed by atoms with van der Waals surface area (Å²) in [5.74, 6) is -1.82. The lowest BCUT2D eigenvalue weighted by Gasteiger charge is -2.07. The summed E-state index contributed by atoms with van der Waals surface area (Å²) in [4.78, 5) is 23.9. The largest absolute Gasteiger partial charge is 0.507 e. The van der Waals surface area contributed by atoms with Gasteiger partial charge in [0.05, 0.1) is 11.1 Å². The number of carbonyl (C=O) groups is 2. The van der Waals surface area contributed by atoms with Gasteiger partial charge in [-0.15, -0.1) is 0 Å². The first-order chi connectivity index (χ1) is 14.4. The second-order valence-electron chi connectivity index (χ2n) is 6.64. The molecule has 0 unspecified atom stereocenters. The molecule has 4 rings (SSSR count). The van der Waals surface area contributed by atoms with Crippen molar-refractivity contribution in [1.29, 1.82) is 0 Å². The molecule has 0 fully saturated rings. The summed E-state index contributed by atoms with van der Waals surface area (Å²) >= 11 is 0. The van der Waals surface area contributed by atoms with Gasteiger partial charge in [-0.3, -0.25) is 4.79 Å². The Balaban J connectivity index is 1.97. The van der Waals surface area contributed by atoms with E-state index in [4.69, 9.17) is 4.42 Å². The molecular weight excluding hydrogens is 389 g/mol. The number of rotatable bonds is 4. The number of carbonyl (C=O) groups excluding carboxylic acids is 1. The molecule has 0 aliphatic rings. The molecule has 0 radical (unpaired) electrons. The van der Waals surface area contributed by atoms with Crippen molar-refractivity contribution in [2.24, 2.45) is 0 Å². The number of carboxylic acid groups (broad SMARTS) is 1. The number of nitrogens with one attached hydrogen (secondary N) is 1. The molecule has 0 atom stereocenters. The van der Waals surface area contributed by atoms with Crippen molar-refractivity contribution in [2.45, 2.75) is 0 Å². The highest BCUT2D eigenvalue weighted by molar-refractivity contribution is 6.12. The number of halogens is 1. The summed E-state index contributed by atoms with van der Waals surface area (Å²) in [5.41, 5.74) is 1.89. The van der Waals surface area contributed by atoms with Crippen LogP contribution in [0.3, 0.4) is 0 Å². The Morgan fingerprint density at radius 2 is 1.73 bits per heavy atom. The number of fused-ring (bicyclic) bond motifs is 1. The Hall–Kier alpha value is -4.13. The SMILES string of the molecule is CNC(=O)c1c(-c2ccc(F)cc2)oc2cc(O)c(-c3cccc(C(=O)O)c3)cc12. The zero-order valence-corrected chi connectivity index (χ0v) is 15.8. The molecule has 0 saturated heterocycles. The molecule has 1 heterocycles. The Morgan fingerprint density at radius 1 is 1.00 bits per heavy atom. The van der Waals surface area contributed by atoms with Gasteiger partial charge >= 0.3 is 5.97 Å². The molecule has 0 saturated carbocycles. The summed E-state index contributed by atoms with van der Waals surface area (Å²) in [6, 6.07) is 14.6. The highest BCUT2D eigenvalue weighted by Crippen LogP contribution is 2.40. The van der Waals surface area contributed by atoms with Crippen molar-refractivity contribution in [3.05, 3.63) is 77.6 Å². The van der Waals surface area contributed by atoms with Gasteiger partial charge in [0, 0.05) is 29.6 Å². The maximum Gasteiger partial charge on any atom is 0.335 e. The smallest absolute Gasteiger partial charge is 0.335 e. The highest BCUT2D eigenvalue weighted by atomic mass is 19.1. The Kier molecular flexibility index (Phi) is 4.71. The first kappa shape index (κ1) is 19.2. The Morgan fingerprint density at radius 3 is 2.40 bits per heavy atom. The summed E-state index contributed by atoms with van der Waals surface area (Å²) < 4.78 is 19.2. The molecule has 0 spiro atoms. The van der Waals surface area contributed by atoms with E-state index in [1.54, 1.807) is 18.2 Å². The molecule has 6 nitrogen and oxygen atoms in total. The molecule has 0 bridgehead atoms. The van der Waals surface area contributed by atoms with Gasteiger partial charge in [-0.25, -0.2) is 9.18 Å². The van der Waals surface area contributed by atoms with E-state index >= 15 is 0 Å². The van der Waals surface area contributed by atoms with E-state index in [0.29, 0.717) is 22.1 Å². The van der Waals surface area contributed by atoms with Crippen molar-refractivity contribution >= 4 is 22.8 Å². The van der Waals surface area contributed by atoms with E-state index in [2.05, 4.69) is 5.32 Å². The average Bonchev–Trinajstić information content (AvgIpc) is 3.11. The van der Waals surface area contributed by atoms with Crippen LogP contribution in [0.15, 0.2) is 65.1 Å². The number of hydrogen-bond donors (Lipinski definition) is 3. The molecule has 0 aliphatic carbocycles. The molecule has 1 aromatic heterocycles. The molecule has 7 heteroatoms. The van der Waals surface area contributed by atoms with Crippen LogP contribution in [0.4, 0.5) is 4.39 Å². The number of hydrogen-bond acceptors (Lipinski definition) is 4. The lowest BCUT2D eigenvalue weighted by Crippen LogP contribution is -2.18. The van der Waals surface area contributed by atoms with E-state index < -0.39 is 17.7 Å². The van der Waals surface area contributed by atoms with Gasteiger partial charge in [-0.1, -0.05) is 12.1 Å². The minimum absolute atomic E-state index is 0.0673. The number of carboxylic acids is 1. The third kappa shape index (κ3) is 3.26. The normalized spacial score (nSPS) is 10.9. The third-order valence-corrected chi connectivity index (χ3v) is 4.79. The minimum atomic E-state index is -1.09. The van der Waals surface area contributed by atoms with Gasteiger partial charge in [0.15, 0.2) is 0 Å². The number of phenols is 1. The topological polar surface area (TPSA) is 99.8 Å². The molecule has 0 aliphatic heterocycles. The maximum atomic E-state index is 13.3. The fourth-order valence-corrected chi connectivity index (χ4v) is 3.34. The van der Waals surface area contributed by atoms with Gasteiger partial charge in [0.2, 0.25) is 0 Å².